The summed E-state index contributed by atoms with van der Waals surface area (Å²) in [5.41, 5.74) is -0.596. The molecule has 0 amide bonds. The van der Waals surface area contributed by atoms with Crippen molar-refractivity contribution in [1.82, 2.24) is 0 Å². The average Bonchev–Trinajstić information content (AvgIpc) is 2.41. The summed E-state index contributed by atoms with van der Waals surface area (Å²) in [7, 11) is 0. The highest BCUT2D eigenvalue weighted by Crippen LogP contribution is 2.62. The van der Waals surface area contributed by atoms with Gasteiger partial charge in [0.1, 0.15) is 5.82 Å². The van der Waals surface area contributed by atoms with Crippen LogP contribution >= 0.6 is 27.5 Å². The van der Waals surface area contributed by atoms with Gasteiger partial charge in [-0.25, -0.2) is 4.39 Å². The molecule has 4 aliphatic carbocycles. The van der Waals surface area contributed by atoms with E-state index in [1.807, 2.05) is 0 Å². The number of rotatable bonds is 1. The minimum atomic E-state index is -1.01. The van der Waals surface area contributed by atoms with Crippen molar-refractivity contribution >= 4 is 27.5 Å². The third kappa shape index (κ3) is 1.69. The molecule has 4 aliphatic rings. The molecule has 0 aromatic heterocycles. The minimum absolute atomic E-state index is 0.0877. The van der Waals surface area contributed by atoms with Gasteiger partial charge >= 0.3 is 0 Å². The molecule has 0 unspecified atom stereocenters. The van der Waals surface area contributed by atoms with E-state index in [1.165, 1.54) is 6.42 Å². The Kier molecular flexibility index (Phi) is 3.00. The molecule has 4 bridgehead atoms. The number of halogens is 3. The molecule has 0 radical (unpaired) electrons. The van der Waals surface area contributed by atoms with E-state index in [2.05, 4.69) is 15.9 Å². The van der Waals surface area contributed by atoms with Crippen LogP contribution in [0.1, 0.15) is 37.7 Å². The van der Waals surface area contributed by atoms with Crippen LogP contribution < -0.4 is 0 Å². The predicted molar refractivity (Wildman–Crippen MR) is 80.1 cm³/mol. The van der Waals surface area contributed by atoms with Crippen molar-refractivity contribution in [3.05, 3.63) is 33.0 Å². The van der Waals surface area contributed by atoms with Crippen molar-refractivity contribution in [1.29, 1.82) is 0 Å². The van der Waals surface area contributed by atoms with E-state index in [0.717, 1.165) is 37.5 Å². The van der Waals surface area contributed by atoms with Crippen LogP contribution in [-0.4, -0.2) is 5.11 Å². The Morgan fingerprint density at radius 1 is 1.10 bits per heavy atom. The molecular formula is C16H17BrClFO. The third-order valence-electron chi connectivity index (χ3n) is 5.85. The molecular weight excluding hydrogens is 343 g/mol. The van der Waals surface area contributed by atoms with Gasteiger partial charge in [0.2, 0.25) is 0 Å². The Morgan fingerprint density at radius 2 is 1.65 bits per heavy atom. The van der Waals surface area contributed by atoms with Crippen molar-refractivity contribution in [2.24, 2.45) is 23.7 Å². The first-order chi connectivity index (χ1) is 9.50. The van der Waals surface area contributed by atoms with Crippen molar-refractivity contribution in [3.63, 3.8) is 0 Å². The molecule has 5 rings (SSSR count). The van der Waals surface area contributed by atoms with E-state index in [9.17, 15) is 9.50 Å². The van der Waals surface area contributed by atoms with Gasteiger partial charge < -0.3 is 5.11 Å². The van der Waals surface area contributed by atoms with E-state index >= 15 is 0 Å². The highest BCUT2D eigenvalue weighted by molar-refractivity contribution is 9.10. The molecule has 4 fully saturated rings. The van der Waals surface area contributed by atoms with E-state index in [0.29, 0.717) is 10.0 Å². The lowest BCUT2D eigenvalue weighted by Gasteiger charge is -2.59. The highest BCUT2D eigenvalue weighted by atomic mass is 79.9. The van der Waals surface area contributed by atoms with Crippen LogP contribution in [0.25, 0.3) is 0 Å². The van der Waals surface area contributed by atoms with E-state index in [4.69, 9.17) is 11.6 Å². The van der Waals surface area contributed by atoms with Crippen LogP contribution in [0.4, 0.5) is 4.39 Å². The zero-order valence-electron chi connectivity index (χ0n) is 11.1. The van der Waals surface area contributed by atoms with Crippen molar-refractivity contribution < 1.29 is 9.50 Å². The Bertz CT molecular complexity index is 546. The molecule has 1 N–H and O–H groups in total. The van der Waals surface area contributed by atoms with Crippen LogP contribution in [0.15, 0.2) is 16.6 Å². The molecule has 20 heavy (non-hydrogen) atoms. The van der Waals surface area contributed by atoms with Crippen molar-refractivity contribution in [3.8, 4) is 0 Å². The fraction of sp³-hybridized carbons (Fsp3) is 0.625. The van der Waals surface area contributed by atoms with Gasteiger partial charge in [-0.3, -0.25) is 0 Å². The lowest BCUT2D eigenvalue weighted by atomic mass is 9.48. The third-order valence-corrected chi connectivity index (χ3v) is 7.11. The first-order valence-electron chi connectivity index (χ1n) is 7.36. The summed E-state index contributed by atoms with van der Waals surface area (Å²) in [4.78, 5) is 0. The summed E-state index contributed by atoms with van der Waals surface area (Å²) in [6, 6.07) is 3.47. The van der Waals surface area contributed by atoms with E-state index < -0.39 is 11.4 Å². The second kappa shape index (κ2) is 4.44. The van der Waals surface area contributed by atoms with Gasteiger partial charge in [-0.1, -0.05) is 17.7 Å². The molecule has 4 saturated carbocycles. The Morgan fingerprint density at radius 3 is 2.20 bits per heavy atom. The Balaban J connectivity index is 1.83. The molecule has 1 aromatic carbocycles. The maximum absolute atomic E-state index is 14.6. The lowest BCUT2D eigenvalue weighted by Crippen LogP contribution is -2.55. The second-order valence-corrected chi connectivity index (χ2v) is 8.08. The summed E-state index contributed by atoms with van der Waals surface area (Å²) in [6.07, 6.45) is 5.47. The highest BCUT2D eigenvalue weighted by Gasteiger charge is 2.58. The second-order valence-electron chi connectivity index (χ2n) is 6.85. The van der Waals surface area contributed by atoms with E-state index in [-0.39, 0.29) is 16.9 Å². The fourth-order valence-corrected chi connectivity index (χ4v) is 5.65. The zero-order chi connectivity index (χ0) is 14.1. The number of hydrogen-bond donors (Lipinski definition) is 1. The molecule has 4 heteroatoms. The van der Waals surface area contributed by atoms with Gasteiger partial charge in [-0.2, -0.15) is 0 Å². The summed E-state index contributed by atoms with van der Waals surface area (Å²) >= 11 is 9.27. The summed E-state index contributed by atoms with van der Waals surface area (Å²) in [5, 5.41) is 11.4. The Labute approximate surface area is 131 Å². The number of aliphatic hydroxyl groups is 1. The van der Waals surface area contributed by atoms with Gasteiger partial charge in [0.25, 0.3) is 0 Å². The smallest absolute Gasteiger partial charge is 0.149 e. The molecule has 0 saturated heterocycles. The topological polar surface area (TPSA) is 20.2 Å². The fourth-order valence-electron chi connectivity index (χ4n) is 5.18. The van der Waals surface area contributed by atoms with Crippen LogP contribution in [-0.2, 0) is 5.60 Å². The van der Waals surface area contributed by atoms with Crippen LogP contribution in [0.5, 0.6) is 0 Å². The quantitative estimate of drug-likeness (QED) is 0.708. The minimum Gasteiger partial charge on any atom is -0.384 e. The van der Waals surface area contributed by atoms with Crippen molar-refractivity contribution in [2.45, 2.75) is 37.7 Å². The monoisotopic (exact) mass is 358 g/mol. The van der Waals surface area contributed by atoms with Gasteiger partial charge in [0.15, 0.2) is 0 Å². The van der Waals surface area contributed by atoms with Gasteiger partial charge in [0.05, 0.1) is 10.6 Å². The van der Waals surface area contributed by atoms with Crippen LogP contribution in [0.2, 0.25) is 5.02 Å². The Hall–Kier alpha value is -0.120. The maximum atomic E-state index is 14.6. The van der Waals surface area contributed by atoms with Crippen LogP contribution in [0.3, 0.4) is 0 Å². The normalized spacial score (nSPS) is 42.2. The molecule has 0 spiro atoms. The van der Waals surface area contributed by atoms with Gasteiger partial charge in [-0.05, 0) is 77.8 Å². The molecule has 108 valence electrons. The number of benzene rings is 1. The first-order valence-corrected chi connectivity index (χ1v) is 8.53. The molecule has 0 heterocycles. The zero-order valence-corrected chi connectivity index (χ0v) is 13.4. The molecule has 0 aliphatic heterocycles. The summed E-state index contributed by atoms with van der Waals surface area (Å²) in [6.45, 7) is 0. The first kappa shape index (κ1) is 13.5. The summed E-state index contributed by atoms with van der Waals surface area (Å²) < 4.78 is 15.1. The predicted octanol–water partition coefficient (Wildman–Crippen LogP) is 4.89. The number of hydrogen-bond acceptors (Lipinski definition) is 1. The van der Waals surface area contributed by atoms with E-state index in [1.54, 1.807) is 12.1 Å². The molecule has 0 atom stereocenters. The molecule has 1 aromatic rings. The van der Waals surface area contributed by atoms with Crippen molar-refractivity contribution in [2.75, 3.05) is 0 Å². The van der Waals surface area contributed by atoms with Crippen LogP contribution in [0, 0.1) is 29.5 Å². The SMILES string of the molecule is OC1(c2ccc(Br)c(Cl)c2F)C2CC3CC(C2)CC1C3. The standard InChI is InChI=1S/C16H17BrClFO/c17-13-2-1-12(15(19)14(13)18)16(20)10-4-8-3-9(6-10)7-11(16)5-8/h1-2,8-11,20H,3-7H2. The van der Waals surface area contributed by atoms with Gasteiger partial charge in [0, 0.05) is 10.0 Å². The summed E-state index contributed by atoms with van der Waals surface area (Å²) in [5.74, 6) is 1.44. The van der Waals surface area contributed by atoms with Gasteiger partial charge in [-0.15, -0.1) is 0 Å². The lowest BCUT2D eigenvalue weighted by molar-refractivity contribution is -0.180. The average molecular weight is 360 g/mol. The largest absolute Gasteiger partial charge is 0.384 e. The maximum Gasteiger partial charge on any atom is 0.149 e. The molecule has 1 nitrogen and oxygen atoms in total.